The van der Waals surface area contributed by atoms with Crippen LogP contribution in [0, 0.1) is 17.3 Å². The SMILES string of the molecule is COC(=O)C(C)(C)Cc1ccccc1C[C@@H]1[C@H](C(=O)N[C@@H](CO)C(=O)OCc2ccccc2)[C@H]2CC[C@@H]1O2. The Morgan fingerprint density at radius 2 is 1.68 bits per heavy atom. The fourth-order valence-corrected chi connectivity index (χ4v) is 5.68. The van der Waals surface area contributed by atoms with Crippen molar-refractivity contribution in [3.05, 3.63) is 71.3 Å². The first-order valence-corrected chi connectivity index (χ1v) is 13.2. The molecule has 0 aliphatic carbocycles. The summed E-state index contributed by atoms with van der Waals surface area (Å²) in [7, 11) is 1.39. The van der Waals surface area contributed by atoms with Crippen LogP contribution in [0.2, 0.25) is 0 Å². The number of amides is 1. The average molecular weight is 524 g/mol. The summed E-state index contributed by atoms with van der Waals surface area (Å²) >= 11 is 0. The topological polar surface area (TPSA) is 111 Å². The van der Waals surface area contributed by atoms with E-state index in [0.29, 0.717) is 12.8 Å². The van der Waals surface area contributed by atoms with Crippen LogP contribution in [0.1, 0.15) is 43.4 Å². The van der Waals surface area contributed by atoms with E-state index in [1.54, 1.807) is 0 Å². The molecule has 2 aliphatic heterocycles. The highest BCUT2D eigenvalue weighted by atomic mass is 16.5. The maximum Gasteiger partial charge on any atom is 0.331 e. The molecule has 204 valence electrons. The Balaban J connectivity index is 1.45. The van der Waals surface area contributed by atoms with Gasteiger partial charge in [0.25, 0.3) is 0 Å². The van der Waals surface area contributed by atoms with Crippen molar-refractivity contribution in [2.24, 2.45) is 17.3 Å². The van der Waals surface area contributed by atoms with Gasteiger partial charge < -0.3 is 24.6 Å². The van der Waals surface area contributed by atoms with Crippen molar-refractivity contribution in [1.29, 1.82) is 0 Å². The molecule has 0 aromatic heterocycles. The lowest BCUT2D eigenvalue weighted by molar-refractivity contribution is -0.151. The molecule has 0 radical (unpaired) electrons. The van der Waals surface area contributed by atoms with Crippen LogP contribution in [0.3, 0.4) is 0 Å². The number of hydrogen-bond acceptors (Lipinski definition) is 7. The Kier molecular flexibility index (Phi) is 8.84. The van der Waals surface area contributed by atoms with E-state index < -0.39 is 30.0 Å². The van der Waals surface area contributed by atoms with Gasteiger partial charge in [0, 0.05) is 5.92 Å². The molecule has 2 aliphatic rings. The number of aliphatic hydroxyl groups excluding tert-OH is 1. The summed E-state index contributed by atoms with van der Waals surface area (Å²) in [6.45, 7) is 3.22. The molecule has 0 saturated carbocycles. The highest BCUT2D eigenvalue weighted by Gasteiger charge is 2.52. The largest absolute Gasteiger partial charge is 0.469 e. The normalized spacial score (nSPS) is 23.1. The molecular formula is C30H37NO7. The van der Waals surface area contributed by atoms with Crippen LogP contribution in [-0.2, 0) is 48.0 Å². The monoisotopic (exact) mass is 523 g/mol. The van der Waals surface area contributed by atoms with Crippen LogP contribution in [-0.4, -0.2) is 54.9 Å². The summed E-state index contributed by atoms with van der Waals surface area (Å²) in [4.78, 5) is 38.4. The number of carbonyl (C=O) groups excluding carboxylic acids is 3. The van der Waals surface area contributed by atoms with Crippen molar-refractivity contribution in [1.82, 2.24) is 5.32 Å². The Morgan fingerprint density at radius 3 is 2.37 bits per heavy atom. The van der Waals surface area contributed by atoms with Gasteiger partial charge >= 0.3 is 11.9 Å². The van der Waals surface area contributed by atoms with Crippen molar-refractivity contribution in [2.45, 2.75) is 64.4 Å². The fraction of sp³-hybridized carbons (Fsp3) is 0.500. The van der Waals surface area contributed by atoms with Gasteiger partial charge in [-0.3, -0.25) is 9.59 Å². The Labute approximate surface area is 223 Å². The quantitative estimate of drug-likeness (QED) is 0.436. The van der Waals surface area contributed by atoms with E-state index in [0.717, 1.165) is 29.5 Å². The third kappa shape index (κ3) is 6.25. The van der Waals surface area contributed by atoms with Crippen LogP contribution in [0.25, 0.3) is 0 Å². The molecule has 1 amide bonds. The number of esters is 2. The van der Waals surface area contributed by atoms with Crippen molar-refractivity contribution in [2.75, 3.05) is 13.7 Å². The van der Waals surface area contributed by atoms with Crippen LogP contribution in [0.4, 0.5) is 0 Å². The van der Waals surface area contributed by atoms with Gasteiger partial charge in [-0.1, -0.05) is 54.6 Å². The minimum atomic E-state index is -1.15. The van der Waals surface area contributed by atoms with E-state index in [9.17, 15) is 19.5 Å². The number of aliphatic hydroxyl groups is 1. The molecule has 2 fully saturated rings. The van der Waals surface area contributed by atoms with E-state index >= 15 is 0 Å². The molecule has 2 aromatic rings. The van der Waals surface area contributed by atoms with E-state index in [-0.39, 0.29) is 36.6 Å². The maximum atomic E-state index is 13.5. The number of ether oxygens (including phenoxy) is 3. The molecular weight excluding hydrogens is 486 g/mol. The number of methoxy groups -OCH3 is 1. The molecule has 2 N–H and O–H groups in total. The highest BCUT2D eigenvalue weighted by molar-refractivity contribution is 5.86. The zero-order valence-electron chi connectivity index (χ0n) is 22.2. The number of nitrogens with one attached hydrogen (secondary N) is 1. The molecule has 4 rings (SSSR count). The van der Waals surface area contributed by atoms with Gasteiger partial charge in [-0.25, -0.2) is 4.79 Å². The molecule has 2 heterocycles. The standard InChI is InChI=1S/C30H37NO7/c1-30(2,29(35)36-3)16-21-12-8-7-11-20(21)15-22-24-13-14-25(38-24)26(22)27(33)31-23(17-32)28(34)37-18-19-9-5-4-6-10-19/h4-12,22-26,32H,13-18H2,1-3H3,(H,31,33)/t22-,23-,24-,25+,26-/m0/s1. The average Bonchev–Trinajstić information content (AvgIpc) is 3.53. The first kappa shape index (κ1) is 27.8. The van der Waals surface area contributed by atoms with Crippen LogP contribution in [0.15, 0.2) is 54.6 Å². The molecule has 0 unspecified atom stereocenters. The molecule has 0 spiro atoms. The third-order valence-corrected chi connectivity index (χ3v) is 7.68. The third-order valence-electron chi connectivity index (χ3n) is 7.68. The molecule has 8 nitrogen and oxygen atoms in total. The number of rotatable bonds is 11. The second-order valence-corrected chi connectivity index (χ2v) is 10.8. The maximum absolute atomic E-state index is 13.5. The molecule has 5 atom stereocenters. The van der Waals surface area contributed by atoms with Gasteiger partial charge in [0.15, 0.2) is 6.04 Å². The van der Waals surface area contributed by atoms with Gasteiger partial charge in [-0.05, 0) is 56.2 Å². The Morgan fingerprint density at radius 1 is 1.03 bits per heavy atom. The number of benzene rings is 2. The van der Waals surface area contributed by atoms with Crippen molar-refractivity contribution in [3.63, 3.8) is 0 Å². The van der Waals surface area contributed by atoms with Crippen molar-refractivity contribution < 1.29 is 33.7 Å². The van der Waals surface area contributed by atoms with Gasteiger partial charge in [-0.2, -0.15) is 0 Å². The van der Waals surface area contributed by atoms with E-state index in [4.69, 9.17) is 14.2 Å². The van der Waals surface area contributed by atoms with Crippen LogP contribution in [0.5, 0.6) is 0 Å². The van der Waals surface area contributed by atoms with Gasteiger partial charge in [0.05, 0.1) is 37.3 Å². The molecule has 2 aromatic carbocycles. The van der Waals surface area contributed by atoms with Gasteiger partial charge in [0.2, 0.25) is 5.91 Å². The van der Waals surface area contributed by atoms with E-state index in [1.807, 2.05) is 68.4 Å². The summed E-state index contributed by atoms with van der Waals surface area (Å²) in [5.41, 5.74) is 2.22. The predicted octanol–water partition coefficient (Wildman–Crippen LogP) is 2.98. The summed E-state index contributed by atoms with van der Waals surface area (Å²) < 4.78 is 16.5. The van der Waals surface area contributed by atoms with Gasteiger partial charge in [0.1, 0.15) is 6.61 Å². The first-order chi connectivity index (χ1) is 18.2. The second-order valence-electron chi connectivity index (χ2n) is 10.8. The van der Waals surface area contributed by atoms with Crippen LogP contribution < -0.4 is 5.32 Å². The zero-order valence-corrected chi connectivity index (χ0v) is 22.2. The molecule has 8 heteroatoms. The summed E-state index contributed by atoms with van der Waals surface area (Å²) in [5.74, 6) is -1.81. The fourth-order valence-electron chi connectivity index (χ4n) is 5.68. The van der Waals surface area contributed by atoms with E-state index in [1.165, 1.54) is 7.11 Å². The molecule has 2 saturated heterocycles. The summed E-state index contributed by atoms with van der Waals surface area (Å²) in [6.07, 6.45) is 2.47. The second kappa shape index (κ2) is 12.1. The lowest BCUT2D eigenvalue weighted by atomic mass is 9.74. The minimum absolute atomic E-state index is 0.0601. The number of hydrogen-bond donors (Lipinski definition) is 2. The Bertz CT molecular complexity index is 1130. The summed E-state index contributed by atoms with van der Waals surface area (Å²) in [5, 5.41) is 12.6. The smallest absolute Gasteiger partial charge is 0.331 e. The van der Waals surface area contributed by atoms with Crippen LogP contribution >= 0.6 is 0 Å². The lowest BCUT2D eigenvalue weighted by Crippen LogP contribution is -2.50. The molecule has 2 bridgehead atoms. The predicted molar refractivity (Wildman–Crippen MR) is 140 cm³/mol. The number of fused-ring (bicyclic) bond motifs is 2. The van der Waals surface area contributed by atoms with Gasteiger partial charge in [-0.15, -0.1) is 0 Å². The Hall–Kier alpha value is -3.23. The van der Waals surface area contributed by atoms with Crippen molar-refractivity contribution in [3.8, 4) is 0 Å². The van der Waals surface area contributed by atoms with Crippen molar-refractivity contribution >= 4 is 17.8 Å². The van der Waals surface area contributed by atoms with E-state index in [2.05, 4.69) is 5.32 Å². The minimum Gasteiger partial charge on any atom is -0.469 e. The highest BCUT2D eigenvalue weighted by Crippen LogP contribution is 2.45. The molecule has 38 heavy (non-hydrogen) atoms. The number of carbonyl (C=O) groups is 3. The lowest BCUT2D eigenvalue weighted by Gasteiger charge is -2.29. The first-order valence-electron chi connectivity index (χ1n) is 13.2. The zero-order chi connectivity index (χ0) is 27.3. The summed E-state index contributed by atoms with van der Waals surface area (Å²) in [6, 6.07) is 16.0.